The molecule has 0 heterocycles. The third kappa shape index (κ3) is 4.37. The molecule has 4 nitrogen and oxygen atoms in total. The van der Waals surface area contributed by atoms with E-state index in [-0.39, 0.29) is 11.5 Å². The van der Waals surface area contributed by atoms with E-state index >= 15 is 0 Å². The topological polar surface area (TPSA) is 66.4 Å². The highest BCUT2D eigenvalue weighted by Crippen LogP contribution is 2.23. The Morgan fingerprint density at radius 2 is 1.80 bits per heavy atom. The van der Waals surface area contributed by atoms with Gasteiger partial charge in [-0.25, -0.2) is 4.79 Å². The molecule has 1 aliphatic rings. The zero-order valence-electron chi connectivity index (χ0n) is 11.6. The number of amides is 1. The quantitative estimate of drug-likeness (QED) is 0.838. The van der Waals surface area contributed by atoms with Crippen molar-refractivity contribution in [2.24, 2.45) is 5.92 Å². The summed E-state index contributed by atoms with van der Waals surface area (Å²) in [5.74, 6) is -0.182. The normalized spacial score (nSPS) is 15.2. The van der Waals surface area contributed by atoms with Crippen molar-refractivity contribution in [1.82, 2.24) is 5.32 Å². The SMILES string of the molecule is O=C(CCc1ccc(C(=O)O)cc1)NCC1CCCC1. The summed E-state index contributed by atoms with van der Waals surface area (Å²) in [5, 5.41) is 11.8. The monoisotopic (exact) mass is 275 g/mol. The van der Waals surface area contributed by atoms with E-state index in [1.165, 1.54) is 25.7 Å². The zero-order chi connectivity index (χ0) is 14.4. The van der Waals surface area contributed by atoms with E-state index in [2.05, 4.69) is 5.32 Å². The molecule has 1 aromatic carbocycles. The first-order valence-electron chi connectivity index (χ1n) is 7.24. The van der Waals surface area contributed by atoms with Crippen LogP contribution in [-0.4, -0.2) is 23.5 Å². The Labute approximate surface area is 119 Å². The van der Waals surface area contributed by atoms with Gasteiger partial charge in [-0.3, -0.25) is 4.79 Å². The second kappa shape index (κ2) is 7.08. The van der Waals surface area contributed by atoms with Gasteiger partial charge in [-0.1, -0.05) is 25.0 Å². The smallest absolute Gasteiger partial charge is 0.335 e. The summed E-state index contributed by atoms with van der Waals surface area (Å²) in [4.78, 5) is 22.5. The summed E-state index contributed by atoms with van der Waals surface area (Å²) in [7, 11) is 0. The van der Waals surface area contributed by atoms with Crippen molar-refractivity contribution >= 4 is 11.9 Å². The van der Waals surface area contributed by atoms with Crippen LogP contribution in [0.4, 0.5) is 0 Å². The van der Waals surface area contributed by atoms with Crippen LogP contribution in [-0.2, 0) is 11.2 Å². The molecule has 1 fully saturated rings. The van der Waals surface area contributed by atoms with Gasteiger partial charge in [-0.2, -0.15) is 0 Å². The number of carbonyl (C=O) groups excluding carboxylic acids is 1. The minimum atomic E-state index is -0.925. The number of carbonyl (C=O) groups is 2. The fraction of sp³-hybridized carbons (Fsp3) is 0.500. The van der Waals surface area contributed by atoms with E-state index in [9.17, 15) is 9.59 Å². The molecule has 1 amide bonds. The van der Waals surface area contributed by atoms with Crippen molar-refractivity contribution in [3.63, 3.8) is 0 Å². The highest BCUT2D eigenvalue weighted by atomic mass is 16.4. The van der Waals surface area contributed by atoms with Gasteiger partial charge in [0.05, 0.1) is 5.56 Å². The molecular formula is C16H21NO3. The molecule has 0 radical (unpaired) electrons. The maximum absolute atomic E-state index is 11.7. The molecule has 0 bridgehead atoms. The Morgan fingerprint density at radius 1 is 1.15 bits per heavy atom. The average Bonchev–Trinajstić information content (AvgIpc) is 2.96. The van der Waals surface area contributed by atoms with Crippen molar-refractivity contribution in [2.75, 3.05) is 6.54 Å². The number of carboxylic acids is 1. The second-order valence-electron chi connectivity index (χ2n) is 5.46. The van der Waals surface area contributed by atoms with Crippen molar-refractivity contribution in [3.05, 3.63) is 35.4 Å². The standard InChI is InChI=1S/C16H21NO3/c18-15(17-11-13-3-1-2-4-13)10-7-12-5-8-14(9-6-12)16(19)20/h5-6,8-9,13H,1-4,7,10-11H2,(H,17,18)(H,19,20). The minimum Gasteiger partial charge on any atom is -0.478 e. The summed E-state index contributed by atoms with van der Waals surface area (Å²) in [5.41, 5.74) is 1.27. The van der Waals surface area contributed by atoms with Crippen LogP contribution in [0, 0.1) is 5.92 Å². The highest BCUT2D eigenvalue weighted by molar-refractivity contribution is 5.87. The number of benzene rings is 1. The maximum Gasteiger partial charge on any atom is 0.335 e. The summed E-state index contributed by atoms with van der Waals surface area (Å²) in [6.45, 7) is 0.802. The average molecular weight is 275 g/mol. The van der Waals surface area contributed by atoms with Gasteiger partial charge >= 0.3 is 5.97 Å². The summed E-state index contributed by atoms with van der Waals surface area (Å²) < 4.78 is 0. The zero-order valence-corrected chi connectivity index (χ0v) is 11.6. The molecule has 1 aliphatic carbocycles. The molecule has 1 aromatic rings. The molecule has 2 N–H and O–H groups in total. The lowest BCUT2D eigenvalue weighted by molar-refractivity contribution is -0.121. The van der Waals surface area contributed by atoms with Gasteiger partial charge in [0.15, 0.2) is 0 Å². The third-order valence-corrected chi connectivity index (χ3v) is 3.90. The van der Waals surface area contributed by atoms with E-state index in [0.717, 1.165) is 12.1 Å². The van der Waals surface area contributed by atoms with Crippen LogP contribution in [0.2, 0.25) is 0 Å². The second-order valence-corrected chi connectivity index (χ2v) is 5.46. The molecule has 2 rings (SSSR count). The van der Waals surface area contributed by atoms with Crippen molar-refractivity contribution in [2.45, 2.75) is 38.5 Å². The Kier molecular flexibility index (Phi) is 5.16. The molecule has 0 aromatic heterocycles. The van der Waals surface area contributed by atoms with Gasteiger partial charge in [-0.05, 0) is 42.9 Å². The van der Waals surface area contributed by atoms with Crippen molar-refractivity contribution in [3.8, 4) is 0 Å². The number of hydrogen-bond acceptors (Lipinski definition) is 2. The molecular weight excluding hydrogens is 254 g/mol. The third-order valence-electron chi connectivity index (χ3n) is 3.90. The number of carboxylic acid groups (broad SMARTS) is 1. The van der Waals surface area contributed by atoms with Crippen LogP contribution in [0.5, 0.6) is 0 Å². The Hall–Kier alpha value is -1.84. The van der Waals surface area contributed by atoms with Crippen LogP contribution >= 0.6 is 0 Å². The summed E-state index contributed by atoms with van der Waals surface area (Å²) in [6, 6.07) is 6.70. The lowest BCUT2D eigenvalue weighted by Crippen LogP contribution is -2.28. The highest BCUT2D eigenvalue weighted by Gasteiger charge is 2.15. The lowest BCUT2D eigenvalue weighted by atomic mass is 10.1. The first-order valence-corrected chi connectivity index (χ1v) is 7.24. The van der Waals surface area contributed by atoms with Crippen LogP contribution in [0.1, 0.15) is 48.0 Å². The van der Waals surface area contributed by atoms with Crippen LogP contribution in [0.15, 0.2) is 24.3 Å². The van der Waals surface area contributed by atoms with E-state index in [1.54, 1.807) is 24.3 Å². The number of hydrogen-bond donors (Lipinski definition) is 2. The molecule has 0 saturated heterocycles. The van der Waals surface area contributed by atoms with Gasteiger partial charge in [0.25, 0.3) is 0 Å². The Morgan fingerprint density at radius 3 is 2.40 bits per heavy atom. The summed E-state index contributed by atoms with van der Waals surface area (Å²) >= 11 is 0. The van der Waals surface area contributed by atoms with Gasteiger partial charge in [0.2, 0.25) is 5.91 Å². The van der Waals surface area contributed by atoms with Gasteiger partial charge in [0.1, 0.15) is 0 Å². The molecule has 0 unspecified atom stereocenters. The van der Waals surface area contributed by atoms with E-state index < -0.39 is 5.97 Å². The number of rotatable bonds is 6. The van der Waals surface area contributed by atoms with Gasteiger partial charge in [0, 0.05) is 13.0 Å². The predicted molar refractivity (Wildman–Crippen MR) is 76.7 cm³/mol. The van der Waals surface area contributed by atoms with Crippen LogP contribution < -0.4 is 5.32 Å². The first-order chi connectivity index (χ1) is 9.65. The fourth-order valence-electron chi connectivity index (χ4n) is 2.63. The van der Waals surface area contributed by atoms with E-state index in [4.69, 9.17) is 5.11 Å². The molecule has 4 heteroatoms. The first kappa shape index (κ1) is 14.6. The molecule has 0 spiro atoms. The van der Waals surface area contributed by atoms with E-state index in [1.807, 2.05) is 0 Å². The number of nitrogens with one attached hydrogen (secondary N) is 1. The lowest BCUT2D eigenvalue weighted by Gasteiger charge is -2.10. The predicted octanol–water partition coefficient (Wildman–Crippen LogP) is 2.62. The molecule has 0 atom stereocenters. The largest absolute Gasteiger partial charge is 0.478 e. The maximum atomic E-state index is 11.7. The summed E-state index contributed by atoms with van der Waals surface area (Å²) in [6.07, 6.45) is 6.15. The fourth-order valence-corrected chi connectivity index (χ4v) is 2.63. The Balaban J connectivity index is 1.70. The van der Waals surface area contributed by atoms with Gasteiger partial charge in [-0.15, -0.1) is 0 Å². The minimum absolute atomic E-state index is 0.0826. The van der Waals surface area contributed by atoms with Crippen molar-refractivity contribution < 1.29 is 14.7 Å². The number of aryl methyl sites for hydroxylation is 1. The van der Waals surface area contributed by atoms with E-state index in [0.29, 0.717) is 18.8 Å². The van der Waals surface area contributed by atoms with Gasteiger partial charge < -0.3 is 10.4 Å². The molecule has 108 valence electrons. The van der Waals surface area contributed by atoms with Crippen molar-refractivity contribution in [1.29, 1.82) is 0 Å². The molecule has 0 aliphatic heterocycles. The molecule has 20 heavy (non-hydrogen) atoms. The molecule has 1 saturated carbocycles. The Bertz CT molecular complexity index is 461. The van der Waals surface area contributed by atoms with Crippen LogP contribution in [0.3, 0.4) is 0 Å². The van der Waals surface area contributed by atoms with Crippen LogP contribution in [0.25, 0.3) is 0 Å². The number of aromatic carboxylic acids is 1.